The molecule has 0 atom stereocenters. The molecule has 25 heavy (non-hydrogen) atoms. The minimum absolute atomic E-state index is 0. The molecule has 2 N–H and O–H groups in total. The number of nitrogens with one attached hydrogen (secondary N) is 2. The first-order valence-corrected chi connectivity index (χ1v) is 9.52. The molecule has 1 aromatic carbocycles. The highest BCUT2D eigenvalue weighted by Crippen LogP contribution is 2.19. The first kappa shape index (κ1) is 24.8. The third-order valence-electron chi connectivity index (χ3n) is 3.14. The lowest BCUT2D eigenvalue weighted by molar-refractivity contribution is 0.0689. The molecule has 1 aromatic rings. The molecule has 0 unspecified atom stereocenters. The summed E-state index contributed by atoms with van der Waals surface area (Å²) in [6.07, 6.45) is 2.08. The van der Waals surface area contributed by atoms with Gasteiger partial charge in [-0.25, -0.2) is 0 Å². The largest absolute Gasteiger partial charge is 0.382 e. The van der Waals surface area contributed by atoms with Crippen molar-refractivity contribution in [2.75, 3.05) is 52.8 Å². The first-order valence-electron chi connectivity index (χ1n) is 8.16. The van der Waals surface area contributed by atoms with Gasteiger partial charge in [-0.05, 0) is 37.1 Å². The molecule has 0 radical (unpaired) electrons. The van der Waals surface area contributed by atoms with Gasteiger partial charge < -0.3 is 20.1 Å². The zero-order chi connectivity index (χ0) is 17.5. The zero-order valence-electron chi connectivity index (χ0n) is 14.9. The van der Waals surface area contributed by atoms with Crippen LogP contribution in [0.4, 0.5) is 0 Å². The smallest absolute Gasteiger partial charge is 0.191 e. The number of nitrogens with zero attached hydrogens (tertiary/aromatic N) is 1. The maximum absolute atomic E-state index is 5.88. The molecule has 0 aliphatic heterocycles. The Morgan fingerprint density at radius 3 is 2.48 bits per heavy atom. The van der Waals surface area contributed by atoms with Gasteiger partial charge in [0.25, 0.3) is 0 Å². The lowest BCUT2D eigenvalue weighted by atomic mass is 10.3. The third-order valence-corrected chi connectivity index (χ3v) is 4.41. The molecule has 0 saturated heterocycles. The van der Waals surface area contributed by atoms with Gasteiger partial charge >= 0.3 is 0 Å². The molecule has 0 spiro atoms. The molecule has 8 heteroatoms. The molecule has 0 bridgehead atoms. The van der Waals surface area contributed by atoms with Crippen LogP contribution in [0.2, 0.25) is 5.02 Å². The number of methoxy groups -OCH3 is 1. The minimum Gasteiger partial charge on any atom is -0.382 e. The molecular weight excluding hydrogens is 473 g/mol. The van der Waals surface area contributed by atoms with Crippen LogP contribution in [0, 0.1) is 0 Å². The van der Waals surface area contributed by atoms with Gasteiger partial charge in [-0.1, -0.05) is 11.6 Å². The molecule has 0 aromatic heterocycles. The van der Waals surface area contributed by atoms with Gasteiger partial charge in [-0.15, -0.1) is 35.7 Å². The highest BCUT2D eigenvalue weighted by molar-refractivity contribution is 14.0. The molecule has 144 valence electrons. The summed E-state index contributed by atoms with van der Waals surface area (Å²) in [5.74, 6) is 1.81. The topological polar surface area (TPSA) is 54.9 Å². The van der Waals surface area contributed by atoms with E-state index in [1.54, 1.807) is 25.9 Å². The number of unbranched alkanes of at least 4 members (excludes halogenated alkanes) is 1. The first-order chi connectivity index (χ1) is 11.8. The predicted molar refractivity (Wildman–Crippen MR) is 119 cm³/mol. The molecule has 0 aliphatic rings. The molecule has 1 rings (SSSR count). The van der Waals surface area contributed by atoms with E-state index in [1.807, 2.05) is 24.3 Å². The van der Waals surface area contributed by atoms with Crippen LogP contribution in [0.15, 0.2) is 34.2 Å². The van der Waals surface area contributed by atoms with Crippen molar-refractivity contribution in [3.05, 3.63) is 29.3 Å². The summed E-state index contributed by atoms with van der Waals surface area (Å²) in [5.41, 5.74) is 0. The number of halogens is 2. The second kappa shape index (κ2) is 17.2. The van der Waals surface area contributed by atoms with E-state index in [1.165, 1.54) is 4.90 Å². The maximum atomic E-state index is 5.88. The number of hydrogen-bond donors (Lipinski definition) is 2. The van der Waals surface area contributed by atoms with E-state index >= 15 is 0 Å². The Hall–Kier alpha value is -0.220. The SMILES string of the molecule is CN=C(NCCCCOCCOC)NCCSc1ccc(Cl)cc1.I. The second-order valence-electron chi connectivity index (χ2n) is 5.04. The van der Waals surface area contributed by atoms with Crippen LogP contribution in [-0.2, 0) is 9.47 Å². The van der Waals surface area contributed by atoms with Crippen LogP contribution in [0.1, 0.15) is 12.8 Å². The molecule has 0 saturated carbocycles. The third kappa shape index (κ3) is 13.6. The van der Waals surface area contributed by atoms with E-state index in [0.717, 1.165) is 49.3 Å². The summed E-state index contributed by atoms with van der Waals surface area (Å²) in [4.78, 5) is 5.44. The lowest BCUT2D eigenvalue weighted by Crippen LogP contribution is -2.38. The van der Waals surface area contributed by atoms with Crippen LogP contribution in [0.5, 0.6) is 0 Å². The Morgan fingerprint density at radius 1 is 1.08 bits per heavy atom. The van der Waals surface area contributed by atoms with Crippen molar-refractivity contribution in [2.45, 2.75) is 17.7 Å². The van der Waals surface area contributed by atoms with E-state index in [2.05, 4.69) is 15.6 Å². The number of hydrogen-bond acceptors (Lipinski definition) is 4. The molecule has 0 heterocycles. The lowest BCUT2D eigenvalue weighted by Gasteiger charge is -2.11. The van der Waals surface area contributed by atoms with Crippen LogP contribution >= 0.6 is 47.3 Å². The summed E-state index contributed by atoms with van der Waals surface area (Å²) < 4.78 is 10.4. The fourth-order valence-corrected chi connectivity index (χ4v) is 2.76. The average molecular weight is 502 g/mol. The van der Waals surface area contributed by atoms with Gasteiger partial charge in [0.2, 0.25) is 0 Å². The van der Waals surface area contributed by atoms with Crippen LogP contribution in [0.25, 0.3) is 0 Å². The highest BCUT2D eigenvalue weighted by Gasteiger charge is 1.98. The molecule has 5 nitrogen and oxygen atoms in total. The summed E-state index contributed by atoms with van der Waals surface area (Å²) >= 11 is 7.67. The van der Waals surface area contributed by atoms with Crippen LogP contribution in [-0.4, -0.2) is 58.8 Å². The van der Waals surface area contributed by atoms with E-state index in [-0.39, 0.29) is 24.0 Å². The van der Waals surface area contributed by atoms with E-state index in [9.17, 15) is 0 Å². The van der Waals surface area contributed by atoms with E-state index in [4.69, 9.17) is 21.1 Å². The summed E-state index contributed by atoms with van der Waals surface area (Å²) in [6.45, 7) is 3.83. The summed E-state index contributed by atoms with van der Waals surface area (Å²) in [5, 5.41) is 7.39. The van der Waals surface area contributed by atoms with Crippen molar-refractivity contribution in [3.8, 4) is 0 Å². The molecule has 0 aliphatic carbocycles. The number of rotatable bonds is 12. The number of ether oxygens (including phenoxy) is 2. The van der Waals surface area contributed by atoms with Crippen LogP contribution < -0.4 is 10.6 Å². The second-order valence-corrected chi connectivity index (χ2v) is 6.65. The fraction of sp³-hybridized carbons (Fsp3) is 0.588. The van der Waals surface area contributed by atoms with Crippen molar-refractivity contribution in [1.82, 2.24) is 10.6 Å². The monoisotopic (exact) mass is 501 g/mol. The van der Waals surface area contributed by atoms with Crippen molar-refractivity contribution >= 4 is 53.3 Å². The highest BCUT2D eigenvalue weighted by atomic mass is 127. The van der Waals surface area contributed by atoms with Crippen molar-refractivity contribution in [1.29, 1.82) is 0 Å². The quantitative estimate of drug-likeness (QED) is 0.151. The van der Waals surface area contributed by atoms with Gasteiger partial charge in [0.05, 0.1) is 13.2 Å². The Balaban J connectivity index is 0.00000576. The van der Waals surface area contributed by atoms with Crippen molar-refractivity contribution in [3.63, 3.8) is 0 Å². The minimum atomic E-state index is 0. The van der Waals surface area contributed by atoms with Gasteiger partial charge in [-0.2, -0.15) is 0 Å². The number of aliphatic imine (C=N–C) groups is 1. The normalized spacial score (nSPS) is 11.1. The maximum Gasteiger partial charge on any atom is 0.191 e. The Labute approximate surface area is 177 Å². The zero-order valence-corrected chi connectivity index (χ0v) is 18.8. The standard InChI is InChI=1S/C17H28ClN3O2S.HI/c1-19-17(20-9-3-4-11-23-13-12-22-2)21-10-14-24-16-7-5-15(18)6-8-16;/h5-8H,3-4,9-14H2,1-2H3,(H2,19,20,21);1H. The fourth-order valence-electron chi connectivity index (χ4n) is 1.87. The van der Waals surface area contributed by atoms with Crippen molar-refractivity contribution in [2.24, 2.45) is 4.99 Å². The Bertz CT molecular complexity index is 464. The van der Waals surface area contributed by atoms with Gasteiger partial charge in [0, 0.05) is 49.5 Å². The Kier molecular flexibility index (Phi) is 17.1. The van der Waals surface area contributed by atoms with Gasteiger partial charge in [-0.3, -0.25) is 4.99 Å². The summed E-state index contributed by atoms with van der Waals surface area (Å²) in [7, 11) is 3.47. The molecule has 0 amide bonds. The van der Waals surface area contributed by atoms with Crippen molar-refractivity contribution < 1.29 is 9.47 Å². The molecular formula is C17H29ClIN3O2S. The van der Waals surface area contributed by atoms with E-state index in [0.29, 0.717) is 13.2 Å². The number of benzene rings is 1. The van der Waals surface area contributed by atoms with Crippen LogP contribution in [0.3, 0.4) is 0 Å². The number of thioether (sulfide) groups is 1. The van der Waals surface area contributed by atoms with E-state index < -0.39 is 0 Å². The average Bonchev–Trinajstić information content (AvgIpc) is 2.60. The summed E-state index contributed by atoms with van der Waals surface area (Å²) in [6, 6.07) is 7.90. The Morgan fingerprint density at radius 2 is 1.80 bits per heavy atom. The van der Waals surface area contributed by atoms with Gasteiger partial charge in [0.15, 0.2) is 5.96 Å². The molecule has 0 fully saturated rings. The van der Waals surface area contributed by atoms with Gasteiger partial charge in [0.1, 0.15) is 0 Å². The predicted octanol–water partition coefficient (Wildman–Crippen LogP) is 3.66. The number of guanidine groups is 1.